The highest BCUT2D eigenvalue weighted by Gasteiger charge is 2.44. The average Bonchev–Trinajstić information content (AvgIpc) is 2.88. The van der Waals surface area contributed by atoms with Gasteiger partial charge in [0.05, 0.1) is 12.3 Å². The van der Waals surface area contributed by atoms with E-state index in [1.54, 1.807) is 38.1 Å². The Balaban J connectivity index is 1.54. The summed E-state index contributed by atoms with van der Waals surface area (Å²) in [4.78, 5) is 37.9. The van der Waals surface area contributed by atoms with Gasteiger partial charge in [0.15, 0.2) is 5.78 Å². The van der Waals surface area contributed by atoms with Gasteiger partial charge in [-0.05, 0) is 49.2 Å². The number of thioether (sulfide) groups is 1. The zero-order chi connectivity index (χ0) is 22.8. The number of nitrogens with one attached hydrogen (secondary N) is 1. The van der Waals surface area contributed by atoms with Gasteiger partial charge in [-0.15, -0.1) is 24.9 Å². The Morgan fingerprint density at radius 1 is 1.03 bits per heavy atom. The smallest absolute Gasteiger partial charge is 0.406 e. The van der Waals surface area contributed by atoms with Gasteiger partial charge >= 0.3 is 12.4 Å². The van der Waals surface area contributed by atoms with E-state index < -0.39 is 23.8 Å². The molecule has 164 valence electrons. The predicted octanol–water partition coefficient (Wildman–Crippen LogP) is 4.24. The van der Waals surface area contributed by atoms with Crippen LogP contribution in [0.25, 0.3) is 11.1 Å². The van der Waals surface area contributed by atoms with Crippen LogP contribution in [0, 0.1) is 0 Å². The molecule has 31 heavy (non-hydrogen) atoms. The second kappa shape index (κ2) is 8.62. The van der Waals surface area contributed by atoms with E-state index in [1.807, 2.05) is 0 Å². The summed E-state index contributed by atoms with van der Waals surface area (Å²) < 4.78 is 40.6. The topological polar surface area (TPSA) is 75.7 Å². The highest BCUT2D eigenvalue weighted by atomic mass is 32.2. The van der Waals surface area contributed by atoms with Gasteiger partial charge in [-0.2, -0.15) is 0 Å². The van der Waals surface area contributed by atoms with E-state index >= 15 is 0 Å². The summed E-state index contributed by atoms with van der Waals surface area (Å²) in [6.45, 7) is 2.86. The molecule has 6 nitrogen and oxygen atoms in total. The molecule has 0 aromatic heterocycles. The van der Waals surface area contributed by atoms with Gasteiger partial charge in [-0.1, -0.05) is 24.3 Å². The molecule has 1 aliphatic heterocycles. The monoisotopic (exact) mass is 452 g/mol. The Morgan fingerprint density at radius 2 is 1.58 bits per heavy atom. The van der Waals surface area contributed by atoms with E-state index in [0.29, 0.717) is 5.56 Å². The first-order valence-corrected chi connectivity index (χ1v) is 10.2. The molecule has 0 bridgehead atoms. The van der Waals surface area contributed by atoms with Gasteiger partial charge < -0.3 is 10.1 Å². The van der Waals surface area contributed by atoms with Crippen LogP contribution >= 0.6 is 11.8 Å². The average molecular weight is 452 g/mol. The van der Waals surface area contributed by atoms with E-state index in [2.05, 4.69) is 10.1 Å². The zero-order valence-corrected chi connectivity index (χ0v) is 17.5. The minimum absolute atomic E-state index is 0.0836. The molecule has 2 aromatic rings. The van der Waals surface area contributed by atoms with Crippen LogP contribution in [0.4, 0.5) is 18.0 Å². The third-order valence-electron chi connectivity index (χ3n) is 4.45. The van der Waals surface area contributed by atoms with Crippen molar-refractivity contribution in [2.24, 2.45) is 0 Å². The van der Waals surface area contributed by atoms with Crippen molar-refractivity contribution < 1.29 is 32.3 Å². The van der Waals surface area contributed by atoms with E-state index in [0.717, 1.165) is 15.4 Å². The van der Waals surface area contributed by atoms with Crippen LogP contribution in [-0.2, 0) is 9.59 Å². The maximum absolute atomic E-state index is 12.2. The lowest BCUT2D eigenvalue weighted by Crippen LogP contribution is -2.41. The van der Waals surface area contributed by atoms with Crippen LogP contribution in [0.3, 0.4) is 0 Å². The Labute approximate surface area is 180 Å². The summed E-state index contributed by atoms with van der Waals surface area (Å²) in [5, 5.41) is 2.52. The van der Waals surface area contributed by atoms with E-state index in [4.69, 9.17) is 0 Å². The molecule has 0 aliphatic carbocycles. The summed E-state index contributed by atoms with van der Waals surface area (Å²) in [6, 6.07) is 12.1. The molecular weight excluding hydrogens is 433 g/mol. The lowest BCUT2D eigenvalue weighted by molar-refractivity contribution is -0.274. The molecule has 0 saturated carbocycles. The predicted molar refractivity (Wildman–Crippen MR) is 109 cm³/mol. The molecule has 10 heteroatoms. The molecular formula is C21H19F3N2O4S. The van der Waals surface area contributed by atoms with Crippen LogP contribution in [0.15, 0.2) is 53.4 Å². The van der Waals surface area contributed by atoms with Gasteiger partial charge in [-0.25, -0.2) is 4.79 Å². The molecule has 1 fully saturated rings. The first kappa shape index (κ1) is 22.7. The summed E-state index contributed by atoms with van der Waals surface area (Å²) >= 11 is 1.26. The van der Waals surface area contributed by atoms with Crippen LogP contribution in [0.1, 0.15) is 13.8 Å². The number of carbonyl (C=O) groups is 3. The number of nitrogens with zero attached hydrogens (tertiary/aromatic N) is 1. The van der Waals surface area contributed by atoms with E-state index in [9.17, 15) is 27.6 Å². The minimum atomic E-state index is -4.74. The van der Waals surface area contributed by atoms with Gasteiger partial charge in [0.2, 0.25) is 0 Å². The van der Waals surface area contributed by atoms with Crippen molar-refractivity contribution >= 4 is 29.5 Å². The van der Waals surface area contributed by atoms with Crippen LogP contribution in [0.2, 0.25) is 0 Å². The van der Waals surface area contributed by atoms with Crippen LogP contribution in [-0.4, -0.2) is 46.8 Å². The SMILES string of the molecule is CC1(C)NC(=O)N(CC(=O)CSc2ccc(-c3ccc(OC(F)(F)F)cc3)cc2)C1=O. The number of hydrogen-bond acceptors (Lipinski definition) is 5. The third-order valence-corrected chi connectivity index (χ3v) is 5.53. The molecule has 0 unspecified atom stereocenters. The number of alkyl halides is 3. The summed E-state index contributed by atoms with van der Waals surface area (Å²) in [7, 11) is 0. The molecule has 0 radical (unpaired) electrons. The number of hydrogen-bond donors (Lipinski definition) is 1. The number of Topliss-reactive ketones (excluding diaryl/α,β-unsaturated/α-hetero) is 1. The van der Waals surface area contributed by atoms with Crippen molar-refractivity contribution in [1.82, 2.24) is 10.2 Å². The van der Waals surface area contributed by atoms with E-state index in [1.165, 1.54) is 36.0 Å². The molecule has 3 amide bonds. The highest BCUT2D eigenvalue weighted by Crippen LogP contribution is 2.28. The fourth-order valence-electron chi connectivity index (χ4n) is 2.94. The summed E-state index contributed by atoms with van der Waals surface area (Å²) in [6.07, 6.45) is -4.74. The molecule has 0 atom stereocenters. The molecule has 1 aliphatic rings. The van der Waals surface area contributed by atoms with Gasteiger partial charge in [0, 0.05) is 4.90 Å². The molecule has 1 saturated heterocycles. The first-order valence-electron chi connectivity index (χ1n) is 9.19. The van der Waals surface area contributed by atoms with Gasteiger partial charge in [0.1, 0.15) is 11.3 Å². The first-order chi connectivity index (χ1) is 14.4. The van der Waals surface area contributed by atoms with Crippen molar-refractivity contribution in [2.45, 2.75) is 30.6 Å². The maximum atomic E-state index is 12.2. The lowest BCUT2D eigenvalue weighted by Gasteiger charge is -2.15. The zero-order valence-electron chi connectivity index (χ0n) is 16.7. The maximum Gasteiger partial charge on any atom is 0.573 e. The van der Waals surface area contributed by atoms with Crippen LogP contribution in [0.5, 0.6) is 5.75 Å². The van der Waals surface area contributed by atoms with Crippen molar-refractivity contribution in [1.29, 1.82) is 0 Å². The summed E-state index contributed by atoms with van der Waals surface area (Å²) in [5.74, 6) is -0.918. The number of ether oxygens (including phenoxy) is 1. The normalized spacial score (nSPS) is 15.7. The van der Waals surface area contributed by atoms with Crippen LogP contribution < -0.4 is 10.1 Å². The molecule has 2 aromatic carbocycles. The molecule has 1 heterocycles. The van der Waals surface area contributed by atoms with Crippen molar-refractivity contribution in [2.75, 3.05) is 12.3 Å². The Hall–Kier alpha value is -3.01. The summed E-state index contributed by atoms with van der Waals surface area (Å²) in [5.41, 5.74) is 0.483. The van der Waals surface area contributed by atoms with E-state index in [-0.39, 0.29) is 23.8 Å². The number of imide groups is 1. The number of halogens is 3. The number of rotatable bonds is 7. The number of carbonyl (C=O) groups excluding carboxylic acids is 3. The lowest BCUT2D eigenvalue weighted by atomic mass is 10.1. The van der Waals surface area contributed by atoms with Crippen molar-refractivity contribution in [3.05, 3.63) is 48.5 Å². The number of amides is 3. The standard InChI is InChI=1S/C21H19F3N2O4S/c1-20(2)18(28)26(19(29)25-20)11-15(27)12-31-17-9-5-14(6-10-17)13-3-7-16(8-4-13)30-21(22,23)24/h3-10H,11-12H2,1-2H3,(H,25,29). The Morgan fingerprint density at radius 3 is 2.06 bits per heavy atom. The van der Waals surface area contributed by atoms with Crippen molar-refractivity contribution in [3.8, 4) is 16.9 Å². The molecule has 0 spiro atoms. The molecule has 3 rings (SSSR count). The minimum Gasteiger partial charge on any atom is -0.406 e. The second-order valence-corrected chi connectivity index (χ2v) is 8.42. The largest absolute Gasteiger partial charge is 0.573 e. The quantitative estimate of drug-likeness (QED) is 0.502. The number of ketones is 1. The highest BCUT2D eigenvalue weighted by molar-refractivity contribution is 8.00. The Bertz CT molecular complexity index is 989. The second-order valence-electron chi connectivity index (χ2n) is 7.37. The Kier molecular flexibility index (Phi) is 6.30. The number of benzene rings is 2. The van der Waals surface area contributed by atoms with Gasteiger partial charge in [0.25, 0.3) is 5.91 Å². The third kappa shape index (κ3) is 5.78. The fraction of sp³-hybridized carbons (Fsp3) is 0.286. The molecule has 1 N–H and O–H groups in total. The van der Waals surface area contributed by atoms with Gasteiger partial charge in [-0.3, -0.25) is 14.5 Å². The number of urea groups is 1. The van der Waals surface area contributed by atoms with Crippen molar-refractivity contribution in [3.63, 3.8) is 0 Å². The fourth-order valence-corrected chi connectivity index (χ4v) is 3.69.